The summed E-state index contributed by atoms with van der Waals surface area (Å²) < 4.78 is 0. The van der Waals surface area contributed by atoms with Crippen LogP contribution in [-0.2, 0) is 0 Å². The van der Waals surface area contributed by atoms with E-state index in [2.05, 4.69) is 21.9 Å². The molecule has 0 spiro atoms. The van der Waals surface area contributed by atoms with Crippen LogP contribution in [0.4, 0.5) is 5.82 Å². The first-order valence-electron chi connectivity index (χ1n) is 6.35. The van der Waals surface area contributed by atoms with Gasteiger partial charge in [-0.2, -0.15) is 0 Å². The summed E-state index contributed by atoms with van der Waals surface area (Å²) in [7, 11) is 2.10. The molecule has 1 aromatic carbocycles. The van der Waals surface area contributed by atoms with Crippen LogP contribution in [0.3, 0.4) is 0 Å². The minimum atomic E-state index is 0.716. The third kappa shape index (κ3) is 2.41. The van der Waals surface area contributed by atoms with Gasteiger partial charge < -0.3 is 4.90 Å². The first-order chi connectivity index (χ1) is 8.74. The summed E-state index contributed by atoms with van der Waals surface area (Å²) in [6.45, 7) is 1.05. The van der Waals surface area contributed by atoms with E-state index in [1.165, 1.54) is 19.3 Å². The van der Waals surface area contributed by atoms with Crippen molar-refractivity contribution in [3.63, 3.8) is 0 Å². The van der Waals surface area contributed by atoms with Crippen LogP contribution in [-0.4, -0.2) is 23.6 Å². The fourth-order valence-corrected chi connectivity index (χ4v) is 2.38. The van der Waals surface area contributed by atoms with Crippen LogP contribution in [0.25, 0.3) is 10.9 Å². The normalized spacial score (nSPS) is 15.0. The Morgan fingerprint density at radius 1 is 1.33 bits per heavy atom. The first-order valence-corrected chi connectivity index (χ1v) is 6.73. The molecule has 1 aliphatic rings. The van der Waals surface area contributed by atoms with E-state index in [1.54, 1.807) is 6.33 Å². The predicted molar refractivity (Wildman–Crippen MR) is 75.2 cm³/mol. The summed E-state index contributed by atoms with van der Waals surface area (Å²) in [5.74, 6) is 1.94. The average molecular weight is 262 g/mol. The van der Waals surface area contributed by atoms with Gasteiger partial charge in [0.05, 0.1) is 5.52 Å². The quantitative estimate of drug-likeness (QED) is 0.843. The molecule has 2 aromatic rings. The maximum Gasteiger partial charge on any atom is 0.139 e. The van der Waals surface area contributed by atoms with Gasteiger partial charge in [0.25, 0.3) is 0 Å². The maximum atomic E-state index is 5.99. The largest absolute Gasteiger partial charge is 0.359 e. The zero-order chi connectivity index (χ0) is 12.5. The van der Waals surface area contributed by atoms with Crippen LogP contribution in [0, 0.1) is 5.92 Å². The number of anilines is 1. The number of aromatic nitrogens is 2. The van der Waals surface area contributed by atoms with Crippen molar-refractivity contribution in [3.8, 4) is 0 Å². The van der Waals surface area contributed by atoms with Crippen molar-refractivity contribution in [2.24, 2.45) is 5.92 Å². The van der Waals surface area contributed by atoms with Crippen LogP contribution in [0.15, 0.2) is 24.5 Å². The van der Waals surface area contributed by atoms with Gasteiger partial charge in [-0.15, -0.1) is 0 Å². The molecule has 1 fully saturated rings. The summed E-state index contributed by atoms with van der Waals surface area (Å²) in [6.07, 6.45) is 5.67. The van der Waals surface area contributed by atoms with E-state index in [4.69, 9.17) is 11.6 Å². The van der Waals surface area contributed by atoms with E-state index < -0.39 is 0 Å². The summed E-state index contributed by atoms with van der Waals surface area (Å²) in [4.78, 5) is 10.9. The van der Waals surface area contributed by atoms with E-state index in [1.807, 2.05) is 18.2 Å². The molecule has 1 aliphatic carbocycles. The second kappa shape index (κ2) is 4.73. The lowest BCUT2D eigenvalue weighted by atomic mass is 10.2. The highest BCUT2D eigenvalue weighted by Crippen LogP contribution is 2.33. The Bertz CT molecular complexity index is 566. The lowest BCUT2D eigenvalue weighted by molar-refractivity contribution is 0.707. The molecule has 0 amide bonds. The third-order valence-corrected chi connectivity index (χ3v) is 3.74. The molecule has 1 heterocycles. The number of rotatable bonds is 4. The lowest BCUT2D eigenvalue weighted by Crippen LogP contribution is -2.20. The highest BCUT2D eigenvalue weighted by atomic mass is 35.5. The van der Waals surface area contributed by atoms with E-state index in [-0.39, 0.29) is 0 Å². The molecule has 94 valence electrons. The van der Waals surface area contributed by atoms with E-state index >= 15 is 0 Å². The molecule has 0 aliphatic heterocycles. The van der Waals surface area contributed by atoms with E-state index in [9.17, 15) is 0 Å². The van der Waals surface area contributed by atoms with Crippen LogP contribution < -0.4 is 4.90 Å². The maximum absolute atomic E-state index is 5.99. The Morgan fingerprint density at radius 3 is 2.94 bits per heavy atom. The number of hydrogen-bond donors (Lipinski definition) is 0. The molecule has 0 N–H and O–H groups in total. The molecule has 1 saturated carbocycles. The fourth-order valence-electron chi connectivity index (χ4n) is 2.21. The molecule has 0 unspecified atom stereocenters. The van der Waals surface area contributed by atoms with Crippen molar-refractivity contribution >= 4 is 28.3 Å². The molecule has 0 radical (unpaired) electrons. The van der Waals surface area contributed by atoms with Crippen LogP contribution in [0.2, 0.25) is 5.02 Å². The van der Waals surface area contributed by atoms with Gasteiger partial charge in [0.15, 0.2) is 0 Å². The van der Waals surface area contributed by atoms with Gasteiger partial charge in [-0.25, -0.2) is 9.97 Å². The third-order valence-electron chi connectivity index (χ3n) is 3.51. The van der Waals surface area contributed by atoms with Crippen molar-refractivity contribution in [2.75, 3.05) is 18.5 Å². The van der Waals surface area contributed by atoms with Crippen LogP contribution >= 0.6 is 11.6 Å². The summed E-state index contributed by atoms with van der Waals surface area (Å²) in [5, 5.41) is 1.79. The molecule has 18 heavy (non-hydrogen) atoms. The number of benzene rings is 1. The summed E-state index contributed by atoms with van der Waals surface area (Å²) >= 11 is 5.99. The zero-order valence-electron chi connectivity index (χ0n) is 10.4. The highest BCUT2D eigenvalue weighted by molar-refractivity contribution is 6.31. The predicted octanol–water partition coefficient (Wildman–Crippen LogP) is 3.52. The lowest BCUT2D eigenvalue weighted by Gasteiger charge is -2.19. The minimum absolute atomic E-state index is 0.716. The number of halogens is 1. The standard InChI is InChI=1S/C14H16ClN3/c1-18(7-6-10-2-3-10)14-12-5-4-11(15)8-13(12)16-9-17-14/h4-5,8-10H,2-3,6-7H2,1H3. The number of fused-ring (bicyclic) bond motifs is 1. The van der Waals surface area contributed by atoms with Gasteiger partial charge >= 0.3 is 0 Å². The first kappa shape index (κ1) is 11.7. The van der Waals surface area contributed by atoms with Crippen molar-refractivity contribution in [2.45, 2.75) is 19.3 Å². The molecule has 1 aromatic heterocycles. The van der Waals surface area contributed by atoms with Gasteiger partial charge in [0.2, 0.25) is 0 Å². The van der Waals surface area contributed by atoms with Gasteiger partial charge in [0.1, 0.15) is 12.1 Å². The van der Waals surface area contributed by atoms with Gasteiger partial charge in [-0.05, 0) is 30.5 Å². The SMILES string of the molecule is CN(CCC1CC1)c1ncnc2cc(Cl)ccc12. The molecule has 3 rings (SSSR count). The van der Waals surface area contributed by atoms with E-state index in [0.29, 0.717) is 5.02 Å². The topological polar surface area (TPSA) is 29.0 Å². The highest BCUT2D eigenvalue weighted by Gasteiger charge is 2.21. The Balaban J connectivity index is 1.89. The molecule has 0 saturated heterocycles. The minimum Gasteiger partial charge on any atom is -0.359 e. The second-order valence-electron chi connectivity index (χ2n) is 5.01. The van der Waals surface area contributed by atoms with Crippen LogP contribution in [0.1, 0.15) is 19.3 Å². The smallest absolute Gasteiger partial charge is 0.139 e. The number of hydrogen-bond acceptors (Lipinski definition) is 3. The van der Waals surface area contributed by atoms with Crippen molar-refractivity contribution in [1.82, 2.24) is 9.97 Å². The van der Waals surface area contributed by atoms with Crippen molar-refractivity contribution < 1.29 is 0 Å². The van der Waals surface area contributed by atoms with Gasteiger partial charge in [-0.3, -0.25) is 0 Å². The fraction of sp³-hybridized carbons (Fsp3) is 0.429. The monoisotopic (exact) mass is 261 g/mol. The van der Waals surface area contributed by atoms with Gasteiger partial charge in [-0.1, -0.05) is 24.4 Å². The molecule has 3 nitrogen and oxygen atoms in total. The average Bonchev–Trinajstić information content (AvgIpc) is 3.19. The van der Waals surface area contributed by atoms with Crippen LogP contribution in [0.5, 0.6) is 0 Å². The number of nitrogens with zero attached hydrogens (tertiary/aromatic N) is 3. The Hall–Kier alpha value is -1.35. The Kier molecular flexibility index (Phi) is 3.08. The molecular formula is C14H16ClN3. The second-order valence-corrected chi connectivity index (χ2v) is 5.45. The zero-order valence-corrected chi connectivity index (χ0v) is 11.2. The Morgan fingerprint density at radius 2 is 2.17 bits per heavy atom. The van der Waals surface area contributed by atoms with Gasteiger partial charge in [0, 0.05) is 24.0 Å². The molecular weight excluding hydrogens is 246 g/mol. The molecule has 4 heteroatoms. The molecule has 0 atom stereocenters. The molecule has 0 bridgehead atoms. The van der Waals surface area contributed by atoms with Crippen molar-refractivity contribution in [1.29, 1.82) is 0 Å². The van der Waals surface area contributed by atoms with Crippen molar-refractivity contribution in [3.05, 3.63) is 29.5 Å². The summed E-state index contributed by atoms with van der Waals surface area (Å²) in [5.41, 5.74) is 0.908. The van der Waals surface area contributed by atoms with E-state index in [0.717, 1.165) is 29.2 Å². The Labute approximate surface area is 112 Å². The summed E-state index contributed by atoms with van der Waals surface area (Å²) in [6, 6.07) is 5.78.